The van der Waals surface area contributed by atoms with E-state index in [1.165, 1.54) is 8.58 Å². The summed E-state index contributed by atoms with van der Waals surface area (Å²) in [5.74, 6) is 0. The summed E-state index contributed by atoms with van der Waals surface area (Å²) < 4.78 is 3.41. The molecule has 0 saturated heterocycles. The van der Waals surface area contributed by atoms with Crippen LogP contribution in [0.1, 0.15) is 31.3 Å². The molecule has 0 unspecified atom stereocenters. The normalized spacial score (nSPS) is 12.6. The van der Waals surface area contributed by atoms with Gasteiger partial charge in [0.2, 0.25) is 0 Å². The van der Waals surface area contributed by atoms with Crippen molar-refractivity contribution < 1.29 is 0 Å². The summed E-state index contributed by atoms with van der Waals surface area (Å²) in [6.45, 7) is 8.76. The third kappa shape index (κ3) is 1.58. The van der Waals surface area contributed by atoms with Crippen LogP contribution in [0.3, 0.4) is 0 Å². The second-order valence-electron chi connectivity index (χ2n) is 4.49. The molecule has 0 aliphatic heterocycles. The van der Waals surface area contributed by atoms with Gasteiger partial charge in [0.05, 0.1) is 5.69 Å². The number of hydrogen-bond acceptors (Lipinski definition) is 2. The van der Waals surface area contributed by atoms with Gasteiger partial charge >= 0.3 is 0 Å². The zero-order valence-electron chi connectivity index (χ0n) is 8.76. The average molecular weight is 320 g/mol. The molecule has 0 amide bonds. The molecule has 0 radical (unpaired) electrons. The Morgan fingerprint density at radius 2 is 2.07 bits per heavy atom. The number of nitrogens with zero attached hydrogens (tertiary/aromatic N) is 2. The van der Waals surface area contributed by atoms with Crippen molar-refractivity contribution in [3.05, 3.63) is 20.5 Å². The molecule has 0 saturated carbocycles. The highest BCUT2D eigenvalue weighted by Crippen LogP contribution is 2.31. The first kappa shape index (κ1) is 10.4. The highest BCUT2D eigenvalue weighted by Gasteiger charge is 2.19. The molecule has 0 aromatic carbocycles. The Morgan fingerprint density at radius 3 is 2.57 bits per heavy atom. The Bertz CT molecular complexity index is 476. The van der Waals surface area contributed by atoms with Crippen molar-refractivity contribution in [2.45, 2.75) is 33.1 Å². The van der Waals surface area contributed by atoms with E-state index in [1.807, 2.05) is 0 Å². The van der Waals surface area contributed by atoms with Crippen molar-refractivity contribution in [3.8, 4) is 0 Å². The van der Waals surface area contributed by atoms with E-state index < -0.39 is 0 Å². The fourth-order valence-corrected chi connectivity index (χ4v) is 3.01. The van der Waals surface area contributed by atoms with Gasteiger partial charge in [0.15, 0.2) is 4.96 Å². The van der Waals surface area contributed by atoms with Crippen LogP contribution < -0.4 is 0 Å². The van der Waals surface area contributed by atoms with Gasteiger partial charge < -0.3 is 0 Å². The summed E-state index contributed by atoms with van der Waals surface area (Å²) in [6, 6.07) is 0. The molecule has 2 heterocycles. The second-order valence-corrected chi connectivity index (χ2v) is 6.52. The molecule has 0 fully saturated rings. The molecular formula is C10H13IN2S. The standard InChI is InChI=1S/C10H13IN2S/c1-6-8(11)13-5-7(10(2,3)4)14-9(13)12-6/h5H,1-4H3. The third-order valence-electron chi connectivity index (χ3n) is 2.17. The average Bonchev–Trinajstić information content (AvgIpc) is 2.54. The van der Waals surface area contributed by atoms with E-state index >= 15 is 0 Å². The second kappa shape index (κ2) is 3.20. The lowest BCUT2D eigenvalue weighted by Crippen LogP contribution is -2.08. The molecule has 0 N–H and O–H groups in total. The maximum absolute atomic E-state index is 4.52. The molecule has 76 valence electrons. The van der Waals surface area contributed by atoms with Gasteiger partial charge in [-0.2, -0.15) is 0 Å². The van der Waals surface area contributed by atoms with E-state index in [9.17, 15) is 0 Å². The minimum absolute atomic E-state index is 0.225. The van der Waals surface area contributed by atoms with Gasteiger partial charge in [-0.05, 0) is 34.9 Å². The van der Waals surface area contributed by atoms with Gasteiger partial charge in [0.25, 0.3) is 0 Å². The predicted molar refractivity (Wildman–Crippen MR) is 69.2 cm³/mol. The Balaban J connectivity index is 2.65. The van der Waals surface area contributed by atoms with Crippen LogP contribution >= 0.6 is 33.9 Å². The first-order valence-corrected chi connectivity index (χ1v) is 6.43. The van der Waals surface area contributed by atoms with Crippen LogP contribution in [0.25, 0.3) is 4.96 Å². The molecule has 0 bridgehead atoms. The Labute approximate surface area is 101 Å². The lowest BCUT2D eigenvalue weighted by atomic mass is 9.96. The van der Waals surface area contributed by atoms with Crippen LogP contribution in [0.15, 0.2) is 6.20 Å². The Morgan fingerprint density at radius 1 is 1.43 bits per heavy atom. The van der Waals surface area contributed by atoms with Gasteiger partial charge in [0.1, 0.15) is 3.70 Å². The minimum Gasteiger partial charge on any atom is -0.285 e. The molecule has 0 aliphatic carbocycles. The summed E-state index contributed by atoms with van der Waals surface area (Å²) in [5.41, 5.74) is 1.35. The summed E-state index contributed by atoms with van der Waals surface area (Å²) in [6.07, 6.45) is 2.21. The van der Waals surface area contributed by atoms with E-state index in [1.54, 1.807) is 11.3 Å². The zero-order valence-corrected chi connectivity index (χ0v) is 11.7. The van der Waals surface area contributed by atoms with Gasteiger partial charge in [0, 0.05) is 11.1 Å². The lowest BCUT2D eigenvalue weighted by Gasteiger charge is -2.14. The van der Waals surface area contributed by atoms with Crippen molar-refractivity contribution >= 4 is 38.9 Å². The molecule has 4 heteroatoms. The van der Waals surface area contributed by atoms with Crippen molar-refractivity contribution in [1.29, 1.82) is 0 Å². The van der Waals surface area contributed by atoms with Crippen LogP contribution in [0.5, 0.6) is 0 Å². The zero-order chi connectivity index (χ0) is 10.5. The number of aryl methyl sites for hydroxylation is 1. The van der Waals surface area contributed by atoms with Crippen molar-refractivity contribution in [1.82, 2.24) is 9.38 Å². The molecule has 0 spiro atoms. The number of halogens is 1. The molecule has 2 aromatic rings. The first-order valence-electron chi connectivity index (χ1n) is 4.54. The molecule has 14 heavy (non-hydrogen) atoms. The maximum Gasteiger partial charge on any atom is 0.195 e. The minimum atomic E-state index is 0.225. The van der Waals surface area contributed by atoms with Gasteiger partial charge in [-0.3, -0.25) is 4.40 Å². The highest BCUT2D eigenvalue weighted by molar-refractivity contribution is 14.1. The van der Waals surface area contributed by atoms with Crippen LogP contribution in [-0.4, -0.2) is 9.38 Å². The number of hydrogen-bond donors (Lipinski definition) is 0. The summed E-state index contributed by atoms with van der Waals surface area (Å²) in [4.78, 5) is 7.02. The summed E-state index contributed by atoms with van der Waals surface area (Å²) in [7, 11) is 0. The molecule has 2 aromatic heterocycles. The Hall–Kier alpha value is -0.100. The fourth-order valence-electron chi connectivity index (χ4n) is 1.27. The molecule has 2 rings (SSSR count). The van der Waals surface area contributed by atoms with Crippen molar-refractivity contribution in [2.75, 3.05) is 0 Å². The fraction of sp³-hybridized carbons (Fsp3) is 0.500. The monoisotopic (exact) mass is 320 g/mol. The smallest absolute Gasteiger partial charge is 0.195 e. The van der Waals surface area contributed by atoms with Gasteiger partial charge in [-0.25, -0.2) is 4.98 Å². The number of aromatic nitrogens is 2. The number of thiazole rings is 1. The van der Waals surface area contributed by atoms with Crippen LogP contribution in [0, 0.1) is 10.6 Å². The van der Waals surface area contributed by atoms with Gasteiger partial charge in [-0.1, -0.05) is 20.8 Å². The molecule has 2 nitrogen and oxygen atoms in total. The van der Waals surface area contributed by atoms with E-state index in [0.717, 1.165) is 10.7 Å². The number of imidazole rings is 1. The predicted octanol–water partition coefficient (Wildman–Crippen LogP) is 3.61. The molecular weight excluding hydrogens is 307 g/mol. The van der Waals surface area contributed by atoms with Crippen molar-refractivity contribution in [2.24, 2.45) is 0 Å². The summed E-state index contributed by atoms with van der Waals surface area (Å²) in [5, 5.41) is 0. The first-order chi connectivity index (χ1) is 6.39. The number of fused-ring (bicyclic) bond motifs is 1. The van der Waals surface area contributed by atoms with E-state index in [2.05, 4.69) is 65.9 Å². The summed E-state index contributed by atoms with van der Waals surface area (Å²) >= 11 is 4.13. The maximum atomic E-state index is 4.52. The largest absolute Gasteiger partial charge is 0.285 e. The molecule has 0 atom stereocenters. The SMILES string of the molecule is Cc1nc2sc(C(C)(C)C)cn2c1I. The highest BCUT2D eigenvalue weighted by atomic mass is 127. The van der Waals surface area contributed by atoms with Crippen LogP contribution in [0.2, 0.25) is 0 Å². The van der Waals surface area contributed by atoms with E-state index in [4.69, 9.17) is 0 Å². The van der Waals surface area contributed by atoms with E-state index in [0.29, 0.717) is 0 Å². The number of rotatable bonds is 0. The van der Waals surface area contributed by atoms with Crippen LogP contribution in [0.4, 0.5) is 0 Å². The lowest BCUT2D eigenvalue weighted by molar-refractivity contribution is 0.601. The van der Waals surface area contributed by atoms with Crippen LogP contribution in [-0.2, 0) is 5.41 Å². The third-order valence-corrected chi connectivity index (χ3v) is 4.87. The van der Waals surface area contributed by atoms with Gasteiger partial charge in [-0.15, -0.1) is 11.3 Å². The molecule has 0 aliphatic rings. The topological polar surface area (TPSA) is 17.3 Å². The Kier molecular flexibility index (Phi) is 2.38. The quantitative estimate of drug-likeness (QED) is 0.678. The van der Waals surface area contributed by atoms with Crippen molar-refractivity contribution in [3.63, 3.8) is 0 Å². The van der Waals surface area contributed by atoms with E-state index in [-0.39, 0.29) is 5.41 Å².